The number of nitrogens with one attached hydrogen (secondary N) is 2. The van der Waals surface area contributed by atoms with E-state index in [1.807, 2.05) is 39.0 Å². The smallest absolute Gasteiger partial charge is 0.261 e. The lowest BCUT2D eigenvalue weighted by Gasteiger charge is -2.28. The van der Waals surface area contributed by atoms with E-state index in [2.05, 4.69) is 10.0 Å². The van der Waals surface area contributed by atoms with Crippen LogP contribution in [0.4, 0.5) is 17.1 Å². The fourth-order valence-corrected chi connectivity index (χ4v) is 6.18. The van der Waals surface area contributed by atoms with Gasteiger partial charge in [-0.15, -0.1) is 0 Å². The summed E-state index contributed by atoms with van der Waals surface area (Å²) in [6.45, 7) is 7.41. The molecule has 0 aliphatic heterocycles. The number of carbonyl (C=O) groups is 1. The molecule has 0 saturated heterocycles. The Kier molecular flexibility index (Phi) is 8.49. The number of rotatable bonds is 10. The molecule has 0 bridgehead atoms. The SMILES string of the molecule is CCOc1ccc(N([C@H](C)C(=O)Nc2ccc(S(=O)(=O)Nc3c(C)cccc3C)cc2)S(C)(=O)=O)cc1. The summed E-state index contributed by atoms with van der Waals surface area (Å²) in [6, 6.07) is 16.4. The average molecular weight is 546 g/mol. The summed E-state index contributed by atoms with van der Waals surface area (Å²) in [6.07, 6.45) is 1.02. The van der Waals surface area contributed by atoms with E-state index in [4.69, 9.17) is 4.74 Å². The van der Waals surface area contributed by atoms with Crippen molar-refractivity contribution in [3.8, 4) is 5.75 Å². The molecule has 2 N–H and O–H groups in total. The van der Waals surface area contributed by atoms with Crippen LogP contribution < -0.4 is 19.1 Å². The Morgan fingerprint density at radius 3 is 2.00 bits per heavy atom. The number of anilines is 3. The van der Waals surface area contributed by atoms with Gasteiger partial charge in [-0.1, -0.05) is 18.2 Å². The molecule has 9 nitrogen and oxygen atoms in total. The second-order valence-corrected chi connectivity index (χ2v) is 12.1. The van der Waals surface area contributed by atoms with E-state index in [0.29, 0.717) is 29.4 Å². The average Bonchev–Trinajstić information content (AvgIpc) is 2.82. The van der Waals surface area contributed by atoms with E-state index < -0.39 is 32.0 Å². The van der Waals surface area contributed by atoms with Gasteiger partial charge in [0.15, 0.2) is 0 Å². The highest BCUT2D eigenvalue weighted by atomic mass is 32.2. The monoisotopic (exact) mass is 545 g/mol. The van der Waals surface area contributed by atoms with Crippen molar-refractivity contribution in [2.75, 3.05) is 27.2 Å². The van der Waals surface area contributed by atoms with Crippen molar-refractivity contribution in [2.24, 2.45) is 0 Å². The predicted molar refractivity (Wildman–Crippen MR) is 146 cm³/mol. The minimum absolute atomic E-state index is 0.0216. The number of carbonyl (C=O) groups excluding carboxylic acids is 1. The Bertz CT molecular complexity index is 1450. The molecule has 198 valence electrons. The summed E-state index contributed by atoms with van der Waals surface area (Å²) in [7, 11) is -7.66. The van der Waals surface area contributed by atoms with Gasteiger partial charge in [-0.25, -0.2) is 16.8 Å². The first-order chi connectivity index (χ1) is 17.3. The molecule has 0 radical (unpaired) electrons. The fraction of sp³-hybridized carbons (Fsp3) is 0.269. The summed E-state index contributed by atoms with van der Waals surface area (Å²) < 4.78 is 59.9. The lowest BCUT2D eigenvalue weighted by atomic mass is 10.1. The number of sulfonamides is 2. The van der Waals surface area contributed by atoms with Gasteiger partial charge in [-0.3, -0.25) is 13.8 Å². The molecule has 11 heteroatoms. The first kappa shape index (κ1) is 28.0. The standard InChI is InChI=1S/C26H31N3O6S2/c1-6-35-23-14-12-22(13-15-23)29(36(5,31)32)20(4)26(30)27-21-10-16-24(17-11-21)37(33,34)28-25-18(2)8-7-9-19(25)3/h7-17,20,28H,6H2,1-5H3,(H,27,30)/t20-/m1/s1. The predicted octanol–water partition coefficient (Wildman–Crippen LogP) is 4.30. The van der Waals surface area contributed by atoms with Gasteiger partial charge >= 0.3 is 0 Å². The van der Waals surface area contributed by atoms with Crippen molar-refractivity contribution >= 4 is 43.0 Å². The Morgan fingerprint density at radius 2 is 1.49 bits per heavy atom. The highest BCUT2D eigenvalue weighted by molar-refractivity contribution is 7.92. The number of aryl methyl sites for hydroxylation is 2. The van der Waals surface area contributed by atoms with E-state index in [9.17, 15) is 21.6 Å². The van der Waals surface area contributed by atoms with Gasteiger partial charge in [0.05, 0.1) is 29.1 Å². The number of hydrogen-bond acceptors (Lipinski definition) is 6. The fourth-order valence-electron chi connectivity index (χ4n) is 3.80. The van der Waals surface area contributed by atoms with Gasteiger partial charge in [-0.05, 0) is 87.4 Å². The highest BCUT2D eigenvalue weighted by Gasteiger charge is 2.29. The Morgan fingerprint density at radius 1 is 0.919 bits per heavy atom. The molecule has 0 saturated carbocycles. The molecule has 3 aromatic rings. The van der Waals surface area contributed by atoms with Crippen molar-refractivity contribution in [3.05, 3.63) is 77.9 Å². The number of ether oxygens (including phenoxy) is 1. The van der Waals surface area contributed by atoms with Gasteiger partial charge in [-0.2, -0.15) is 0 Å². The van der Waals surface area contributed by atoms with Crippen molar-refractivity contribution in [1.29, 1.82) is 0 Å². The normalized spacial score (nSPS) is 12.5. The second-order valence-electron chi connectivity index (χ2n) is 8.55. The van der Waals surface area contributed by atoms with Crippen molar-refractivity contribution < 1.29 is 26.4 Å². The maximum absolute atomic E-state index is 13.0. The topological polar surface area (TPSA) is 122 Å². The lowest BCUT2D eigenvalue weighted by molar-refractivity contribution is -0.116. The third-order valence-corrected chi connectivity index (χ3v) is 8.25. The van der Waals surface area contributed by atoms with Crippen LogP contribution >= 0.6 is 0 Å². The van der Waals surface area contributed by atoms with Crippen LogP contribution in [0.25, 0.3) is 0 Å². The molecule has 0 aromatic heterocycles. The second kappa shape index (κ2) is 11.2. The van der Waals surface area contributed by atoms with Gasteiger partial charge in [0, 0.05) is 5.69 Å². The molecule has 0 aliphatic rings. The zero-order chi connectivity index (χ0) is 27.4. The van der Waals surface area contributed by atoms with Gasteiger partial charge in [0.25, 0.3) is 10.0 Å². The van der Waals surface area contributed by atoms with E-state index in [-0.39, 0.29) is 4.90 Å². The zero-order valence-corrected chi connectivity index (χ0v) is 23.0. The Balaban J connectivity index is 1.77. The summed E-state index contributed by atoms with van der Waals surface area (Å²) in [5.74, 6) is 0.00231. The van der Waals surface area contributed by atoms with Crippen molar-refractivity contribution in [3.63, 3.8) is 0 Å². The van der Waals surface area contributed by atoms with Crippen LogP contribution in [0.3, 0.4) is 0 Å². The van der Waals surface area contributed by atoms with Crippen LogP contribution in [-0.2, 0) is 24.8 Å². The van der Waals surface area contributed by atoms with E-state index in [0.717, 1.165) is 21.7 Å². The number of para-hydroxylation sites is 1. The molecule has 1 atom stereocenters. The molecular weight excluding hydrogens is 514 g/mol. The van der Waals surface area contributed by atoms with Crippen molar-refractivity contribution in [1.82, 2.24) is 0 Å². The maximum atomic E-state index is 13.0. The Labute approximate surface area is 218 Å². The number of hydrogen-bond donors (Lipinski definition) is 2. The van der Waals surface area contributed by atoms with Crippen LogP contribution in [0.5, 0.6) is 5.75 Å². The summed E-state index contributed by atoms with van der Waals surface area (Å²) in [4.78, 5) is 13.0. The molecule has 0 aliphatic carbocycles. The minimum Gasteiger partial charge on any atom is -0.494 e. The largest absolute Gasteiger partial charge is 0.494 e. The molecule has 0 unspecified atom stereocenters. The molecular formula is C26H31N3O6S2. The van der Waals surface area contributed by atoms with Crippen LogP contribution in [-0.4, -0.2) is 41.6 Å². The first-order valence-electron chi connectivity index (χ1n) is 11.6. The summed E-state index contributed by atoms with van der Waals surface area (Å²) in [5, 5.41) is 2.66. The molecule has 3 rings (SSSR count). The third-order valence-electron chi connectivity index (χ3n) is 5.64. The van der Waals surface area contributed by atoms with Crippen LogP contribution in [0.15, 0.2) is 71.6 Å². The van der Waals surface area contributed by atoms with Crippen molar-refractivity contribution in [2.45, 2.75) is 38.6 Å². The Hall–Kier alpha value is -3.57. The van der Waals surface area contributed by atoms with Gasteiger partial charge in [0.2, 0.25) is 15.9 Å². The van der Waals surface area contributed by atoms with E-state index >= 15 is 0 Å². The molecule has 0 heterocycles. The summed E-state index contributed by atoms with van der Waals surface area (Å²) >= 11 is 0. The van der Waals surface area contributed by atoms with E-state index in [1.165, 1.54) is 31.2 Å². The molecule has 0 spiro atoms. The van der Waals surface area contributed by atoms with Gasteiger partial charge in [0.1, 0.15) is 11.8 Å². The van der Waals surface area contributed by atoms with Gasteiger partial charge < -0.3 is 10.1 Å². The quantitative estimate of drug-likeness (QED) is 0.392. The first-order valence-corrected chi connectivity index (χ1v) is 14.9. The molecule has 1 amide bonds. The number of benzene rings is 3. The minimum atomic E-state index is -3.86. The van der Waals surface area contributed by atoms with Crippen LogP contribution in [0.1, 0.15) is 25.0 Å². The van der Waals surface area contributed by atoms with Crippen LogP contribution in [0, 0.1) is 13.8 Å². The highest BCUT2D eigenvalue weighted by Crippen LogP contribution is 2.26. The molecule has 0 fully saturated rings. The molecule has 3 aromatic carbocycles. The number of amides is 1. The zero-order valence-electron chi connectivity index (χ0n) is 21.3. The maximum Gasteiger partial charge on any atom is 0.261 e. The summed E-state index contributed by atoms with van der Waals surface area (Å²) in [5.41, 5.74) is 2.74. The number of nitrogens with zero attached hydrogens (tertiary/aromatic N) is 1. The lowest BCUT2D eigenvalue weighted by Crippen LogP contribution is -2.45. The molecule has 37 heavy (non-hydrogen) atoms. The van der Waals surface area contributed by atoms with E-state index in [1.54, 1.807) is 24.3 Å². The van der Waals surface area contributed by atoms with Crippen LogP contribution in [0.2, 0.25) is 0 Å². The third kappa shape index (κ3) is 6.80.